The van der Waals surface area contributed by atoms with Crippen molar-refractivity contribution in [2.45, 2.75) is 32.6 Å². The standard InChI is InChI=1S/C31H39N5O2/c1-2-14-34-15-17-35(18-16-34)27-9-7-24(8-10-27)29(37)33-21-31-12-3-4-26(31)20-36(22-31)30(38)25-6-5-23-11-13-32-28(23)19-25/h5-11,13,19,26,32H,2-4,12,14-18,20-22H2,1H3,(H,33,37)/t26-,31-/m0/s1. The first-order valence-corrected chi connectivity index (χ1v) is 14.3. The number of piperazine rings is 1. The summed E-state index contributed by atoms with van der Waals surface area (Å²) in [6, 6.07) is 16.0. The van der Waals surface area contributed by atoms with Gasteiger partial charge in [0, 0.05) is 79.8 Å². The Morgan fingerprint density at radius 2 is 1.82 bits per heavy atom. The number of fused-ring (bicyclic) bond motifs is 2. The molecule has 0 spiro atoms. The Morgan fingerprint density at radius 1 is 1.03 bits per heavy atom. The van der Waals surface area contributed by atoms with Crippen LogP contribution in [0.3, 0.4) is 0 Å². The van der Waals surface area contributed by atoms with E-state index in [1.54, 1.807) is 0 Å². The van der Waals surface area contributed by atoms with Crippen molar-refractivity contribution in [1.82, 2.24) is 20.1 Å². The minimum atomic E-state index is -0.0278. The van der Waals surface area contributed by atoms with Gasteiger partial charge in [-0.05, 0) is 79.6 Å². The maximum absolute atomic E-state index is 13.4. The molecule has 7 heteroatoms. The lowest BCUT2D eigenvalue weighted by molar-refractivity contribution is 0.0767. The summed E-state index contributed by atoms with van der Waals surface area (Å²) in [6.45, 7) is 9.77. The predicted octanol–water partition coefficient (Wildman–Crippen LogP) is 4.37. The first kappa shape index (κ1) is 25.0. The van der Waals surface area contributed by atoms with Crippen LogP contribution in [-0.2, 0) is 0 Å². The molecule has 3 heterocycles. The first-order valence-electron chi connectivity index (χ1n) is 14.3. The van der Waals surface area contributed by atoms with E-state index in [2.05, 4.69) is 39.2 Å². The number of aromatic nitrogens is 1. The van der Waals surface area contributed by atoms with E-state index in [0.29, 0.717) is 24.6 Å². The molecule has 3 aliphatic rings. The van der Waals surface area contributed by atoms with Crippen LogP contribution in [0.5, 0.6) is 0 Å². The molecule has 2 aromatic carbocycles. The number of carbonyl (C=O) groups is 2. The number of benzene rings is 2. The quantitative estimate of drug-likeness (QED) is 0.492. The Bertz CT molecular complexity index is 1290. The highest BCUT2D eigenvalue weighted by atomic mass is 16.2. The zero-order valence-electron chi connectivity index (χ0n) is 22.4. The molecule has 3 fully saturated rings. The number of likely N-dealkylation sites (tertiary alicyclic amines) is 1. The van der Waals surface area contributed by atoms with Crippen LogP contribution in [-0.4, -0.2) is 79.0 Å². The highest BCUT2D eigenvalue weighted by molar-refractivity contribution is 5.98. The van der Waals surface area contributed by atoms with Gasteiger partial charge in [-0.15, -0.1) is 0 Å². The number of nitrogens with one attached hydrogen (secondary N) is 2. The minimum absolute atomic E-state index is 0.0219. The van der Waals surface area contributed by atoms with Gasteiger partial charge in [0.1, 0.15) is 0 Å². The number of carbonyl (C=O) groups excluding carboxylic acids is 2. The van der Waals surface area contributed by atoms with Crippen molar-refractivity contribution in [2.24, 2.45) is 11.3 Å². The highest BCUT2D eigenvalue weighted by Gasteiger charge is 2.50. The van der Waals surface area contributed by atoms with Crippen molar-refractivity contribution < 1.29 is 9.59 Å². The minimum Gasteiger partial charge on any atom is -0.369 e. The first-order chi connectivity index (χ1) is 18.5. The zero-order chi connectivity index (χ0) is 26.1. The van der Waals surface area contributed by atoms with Crippen LogP contribution in [0, 0.1) is 11.3 Å². The van der Waals surface area contributed by atoms with Crippen molar-refractivity contribution in [2.75, 3.05) is 57.3 Å². The molecule has 2 saturated heterocycles. The number of hydrogen-bond acceptors (Lipinski definition) is 4. The van der Waals surface area contributed by atoms with Gasteiger partial charge in [-0.2, -0.15) is 0 Å². The SMILES string of the molecule is CCCN1CCN(c2ccc(C(=O)NC[C@]34CCC[C@H]3CN(C(=O)c3ccc5cc[nH]c5c3)C4)cc2)CC1. The van der Waals surface area contributed by atoms with Crippen LogP contribution in [0.25, 0.3) is 10.9 Å². The van der Waals surface area contributed by atoms with Gasteiger partial charge < -0.3 is 20.1 Å². The van der Waals surface area contributed by atoms with Crippen LogP contribution in [0.4, 0.5) is 5.69 Å². The monoisotopic (exact) mass is 513 g/mol. The summed E-state index contributed by atoms with van der Waals surface area (Å²) in [7, 11) is 0. The molecule has 2 N–H and O–H groups in total. The topological polar surface area (TPSA) is 71.7 Å². The lowest BCUT2D eigenvalue weighted by Gasteiger charge is -2.36. The molecule has 1 aliphatic carbocycles. The molecule has 1 saturated carbocycles. The van der Waals surface area contributed by atoms with Crippen LogP contribution in [0.1, 0.15) is 53.3 Å². The number of nitrogens with zero attached hydrogens (tertiary/aromatic N) is 3. The second kappa shape index (κ2) is 10.4. The number of hydrogen-bond donors (Lipinski definition) is 2. The van der Waals surface area contributed by atoms with E-state index in [1.165, 1.54) is 18.7 Å². The third kappa shape index (κ3) is 4.80. The highest BCUT2D eigenvalue weighted by Crippen LogP contribution is 2.48. The number of anilines is 1. The van der Waals surface area contributed by atoms with E-state index < -0.39 is 0 Å². The maximum Gasteiger partial charge on any atom is 0.253 e. The lowest BCUT2D eigenvalue weighted by Crippen LogP contribution is -2.46. The Kier molecular flexibility index (Phi) is 6.87. The molecular weight excluding hydrogens is 474 g/mol. The van der Waals surface area contributed by atoms with Gasteiger partial charge in [0.25, 0.3) is 11.8 Å². The van der Waals surface area contributed by atoms with Gasteiger partial charge in [0.2, 0.25) is 0 Å². The summed E-state index contributed by atoms with van der Waals surface area (Å²) in [5.41, 5.74) is 3.58. The molecule has 200 valence electrons. The van der Waals surface area contributed by atoms with E-state index in [9.17, 15) is 9.59 Å². The van der Waals surface area contributed by atoms with Gasteiger partial charge in [0.05, 0.1) is 0 Å². The summed E-state index contributed by atoms with van der Waals surface area (Å²) in [5, 5.41) is 4.35. The van der Waals surface area contributed by atoms with E-state index in [-0.39, 0.29) is 17.2 Å². The molecule has 0 radical (unpaired) electrons. The lowest BCUT2D eigenvalue weighted by atomic mass is 9.80. The van der Waals surface area contributed by atoms with Crippen molar-refractivity contribution in [3.63, 3.8) is 0 Å². The molecule has 6 rings (SSSR count). The number of rotatable bonds is 7. The largest absolute Gasteiger partial charge is 0.369 e. The number of aromatic amines is 1. The summed E-state index contributed by atoms with van der Waals surface area (Å²) in [4.78, 5) is 36.6. The van der Waals surface area contributed by atoms with Gasteiger partial charge in [-0.1, -0.05) is 19.4 Å². The van der Waals surface area contributed by atoms with Crippen LogP contribution in [0.2, 0.25) is 0 Å². The van der Waals surface area contributed by atoms with Gasteiger partial charge in [0.15, 0.2) is 0 Å². The molecule has 38 heavy (non-hydrogen) atoms. The van der Waals surface area contributed by atoms with Gasteiger partial charge in [-0.3, -0.25) is 14.5 Å². The molecular formula is C31H39N5O2. The molecule has 3 aromatic rings. The molecule has 0 bridgehead atoms. The average molecular weight is 514 g/mol. The number of H-pyrrole nitrogens is 1. The van der Waals surface area contributed by atoms with E-state index in [4.69, 9.17) is 0 Å². The van der Waals surface area contributed by atoms with E-state index >= 15 is 0 Å². The third-order valence-corrected chi connectivity index (χ3v) is 9.14. The maximum atomic E-state index is 13.4. The van der Waals surface area contributed by atoms with Crippen LogP contribution >= 0.6 is 0 Å². The van der Waals surface area contributed by atoms with Crippen molar-refractivity contribution in [1.29, 1.82) is 0 Å². The number of amides is 2. The van der Waals surface area contributed by atoms with E-state index in [0.717, 1.165) is 68.5 Å². The summed E-state index contributed by atoms with van der Waals surface area (Å²) < 4.78 is 0. The summed E-state index contributed by atoms with van der Waals surface area (Å²) in [6.07, 6.45) is 6.44. The van der Waals surface area contributed by atoms with Crippen molar-refractivity contribution in [3.05, 3.63) is 65.9 Å². The average Bonchev–Trinajstić information content (AvgIpc) is 3.66. The fourth-order valence-corrected chi connectivity index (χ4v) is 6.95. The Balaban J connectivity index is 1.06. The normalized spacial score (nSPS) is 23.7. The Hall–Kier alpha value is -3.32. The fourth-order valence-electron chi connectivity index (χ4n) is 6.95. The zero-order valence-corrected chi connectivity index (χ0v) is 22.4. The summed E-state index contributed by atoms with van der Waals surface area (Å²) in [5.74, 6) is 0.508. The van der Waals surface area contributed by atoms with Crippen molar-refractivity contribution >= 4 is 28.4 Å². The molecule has 1 aromatic heterocycles. The third-order valence-electron chi connectivity index (χ3n) is 9.14. The summed E-state index contributed by atoms with van der Waals surface area (Å²) >= 11 is 0. The Morgan fingerprint density at radius 3 is 2.61 bits per heavy atom. The molecule has 7 nitrogen and oxygen atoms in total. The van der Waals surface area contributed by atoms with Gasteiger partial charge in [-0.25, -0.2) is 0 Å². The molecule has 2 atom stereocenters. The van der Waals surface area contributed by atoms with Crippen LogP contribution in [0.15, 0.2) is 54.7 Å². The fraction of sp³-hybridized carbons (Fsp3) is 0.484. The van der Waals surface area contributed by atoms with E-state index in [1.807, 2.05) is 47.5 Å². The Labute approximate surface area is 225 Å². The van der Waals surface area contributed by atoms with Crippen LogP contribution < -0.4 is 10.2 Å². The second-order valence-electron chi connectivity index (χ2n) is 11.5. The second-order valence-corrected chi connectivity index (χ2v) is 11.5. The molecule has 2 amide bonds. The van der Waals surface area contributed by atoms with Crippen molar-refractivity contribution in [3.8, 4) is 0 Å². The van der Waals surface area contributed by atoms with Gasteiger partial charge >= 0.3 is 0 Å². The molecule has 2 aliphatic heterocycles. The molecule has 0 unspecified atom stereocenters. The predicted molar refractivity (Wildman–Crippen MR) is 152 cm³/mol. The smallest absolute Gasteiger partial charge is 0.253 e.